The first-order valence-electron chi connectivity index (χ1n) is 7.66. The average molecular weight is 371 g/mol. The number of anilines is 2. The lowest BCUT2D eigenvalue weighted by atomic mass is 10.2. The highest BCUT2D eigenvalue weighted by Crippen LogP contribution is 2.30. The number of benzene rings is 2. The van der Waals surface area contributed by atoms with Crippen LogP contribution in [0, 0.1) is 12.7 Å². The largest absolute Gasteiger partial charge is 0.508 e. The number of phenols is 1. The van der Waals surface area contributed by atoms with Crippen molar-refractivity contribution in [3.63, 3.8) is 0 Å². The van der Waals surface area contributed by atoms with E-state index in [4.69, 9.17) is 16.0 Å². The van der Waals surface area contributed by atoms with Crippen molar-refractivity contribution in [3.05, 3.63) is 59.1 Å². The molecular weight excluding hydrogens is 359 g/mol. The summed E-state index contributed by atoms with van der Waals surface area (Å²) in [7, 11) is 0. The Hall–Kier alpha value is -3.19. The number of rotatable bonds is 3. The van der Waals surface area contributed by atoms with E-state index in [-0.39, 0.29) is 10.8 Å². The van der Waals surface area contributed by atoms with Crippen molar-refractivity contribution < 1.29 is 13.9 Å². The van der Waals surface area contributed by atoms with Gasteiger partial charge in [0.2, 0.25) is 5.89 Å². The Kier molecular flexibility index (Phi) is 3.93. The minimum absolute atomic E-state index is 0.00181. The number of aromatic hydroxyl groups is 1. The molecule has 0 saturated heterocycles. The second-order valence-corrected chi connectivity index (χ2v) is 6.00. The number of fused-ring (bicyclic) bond motifs is 1. The summed E-state index contributed by atoms with van der Waals surface area (Å²) < 4.78 is 19.1. The second-order valence-electron chi connectivity index (χ2n) is 5.59. The zero-order valence-electron chi connectivity index (χ0n) is 13.5. The lowest BCUT2D eigenvalue weighted by Crippen LogP contribution is -1.98. The highest BCUT2D eigenvalue weighted by atomic mass is 35.5. The standard InChI is InChI=1S/C18H12ClFN4O2/c1-9-21-16(23-11-4-7-14(20)13(19)8-11)15-18(22-9)26-17(24-15)10-2-5-12(25)6-3-10/h2-8,25H,1H3,(H,21,22,23). The van der Waals surface area contributed by atoms with Gasteiger partial charge in [0.1, 0.15) is 17.4 Å². The molecule has 0 saturated carbocycles. The third-order valence-electron chi connectivity index (χ3n) is 3.67. The maximum Gasteiger partial charge on any atom is 0.252 e. The Bertz CT molecular complexity index is 1110. The molecule has 0 unspecified atom stereocenters. The van der Waals surface area contributed by atoms with Crippen LogP contribution >= 0.6 is 11.6 Å². The van der Waals surface area contributed by atoms with Crippen molar-refractivity contribution >= 4 is 34.3 Å². The van der Waals surface area contributed by atoms with E-state index in [1.807, 2.05) is 0 Å². The number of hydrogen-bond acceptors (Lipinski definition) is 6. The van der Waals surface area contributed by atoms with Gasteiger partial charge >= 0.3 is 0 Å². The average Bonchev–Trinajstić information content (AvgIpc) is 3.03. The molecule has 2 aromatic carbocycles. The van der Waals surface area contributed by atoms with Crippen molar-refractivity contribution in [2.45, 2.75) is 6.92 Å². The van der Waals surface area contributed by atoms with Crippen LogP contribution in [0.5, 0.6) is 5.75 Å². The first kappa shape index (κ1) is 16.3. The molecule has 130 valence electrons. The molecule has 0 amide bonds. The van der Waals surface area contributed by atoms with Gasteiger partial charge in [-0.15, -0.1) is 0 Å². The van der Waals surface area contributed by atoms with Crippen LogP contribution in [0.3, 0.4) is 0 Å². The van der Waals surface area contributed by atoms with Gasteiger partial charge in [0.15, 0.2) is 11.3 Å². The number of nitrogens with zero attached hydrogens (tertiary/aromatic N) is 3. The molecule has 0 bridgehead atoms. The molecule has 0 aliphatic rings. The summed E-state index contributed by atoms with van der Waals surface area (Å²) in [6, 6.07) is 10.7. The Morgan fingerprint density at radius 1 is 1.08 bits per heavy atom. The number of aromatic nitrogens is 3. The molecule has 0 aliphatic heterocycles. The van der Waals surface area contributed by atoms with Gasteiger partial charge in [0, 0.05) is 11.3 Å². The number of hydrogen-bond donors (Lipinski definition) is 2. The van der Waals surface area contributed by atoms with Crippen LogP contribution in [0.15, 0.2) is 46.9 Å². The van der Waals surface area contributed by atoms with E-state index in [2.05, 4.69) is 20.3 Å². The van der Waals surface area contributed by atoms with Crippen molar-refractivity contribution in [3.8, 4) is 17.2 Å². The van der Waals surface area contributed by atoms with Gasteiger partial charge in [-0.2, -0.15) is 4.98 Å². The first-order chi connectivity index (χ1) is 12.5. The van der Waals surface area contributed by atoms with Crippen LogP contribution in [0.4, 0.5) is 15.9 Å². The molecule has 6 nitrogen and oxygen atoms in total. The van der Waals surface area contributed by atoms with Crippen molar-refractivity contribution in [1.29, 1.82) is 0 Å². The summed E-state index contributed by atoms with van der Waals surface area (Å²) in [4.78, 5) is 13.1. The minimum Gasteiger partial charge on any atom is -0.508 e. The summed E-state index contributed by atoms with van der Waals surface area (Å²) in [5.74, 6) is 0.902. The third-order valence-corrected chi connectivity index (χ3v) is 3.96. The van der Waals surface area contributed by atoms with Gasteiger partial charge in [0.25, 0.3) is 5.71 Å². The summed E-state index contributed by atoms with van der Waals surface area (Å²) in [6.45, 7) is 1.73. The third kappa shape index (κ3) is 3.04. The van der Waals surface area contributed by atoms with E-state index in [0.717, 1.165) is 0 Å². The molecule has 0 radical (unpaired) electrons. The Balaban J connectivity index is 1.78. The van der Waals surface area contributed by atoms with Crippen molar-refractivity contribution in [2.24, 2.45) is 0 Å². The Morgan fingerprint density at radius 2 is 1.85 bits per heavy atom. The normalized spacial score (nSPS) is 11.0. The molecular formula is C18H12ClFN4O2. The molecule has 2 heterocycles. The van der Waals surface area contributed by atoms with Crippen LogP contribution in [0.2, 0.25) is 5.02 Å². The van der Waals surface area contributed by atoms with Gasteiger partial charge in [-0.25, -0.2) is 14.4 Å². The SMILES string of the molecule is Cc1nc(Nc2ccc(F)c(Cl)c2)c2nc(-c3ccc(O)cc3)oc2n1. The molecule has 0 aliphatic carbocycles. The van der Waals surface area contributed by atoms with E-state index in [0.29, 0.717) is 40.0 Å². The van der Waals surface area contributed by atoms with E-state index in [9.17, 15) is 9.50 Å². The van der Waals surface area contributed by atoms with Crippen LogP contribution in [0.1, 0.15) is 5.82 Å². The fourth-order valence-electron chi connectivity index (χ4n) is 2.45. The van der Waals surface area contributed by atoms with Crippen LogP contribution in [0.25, 0.3) is 22.7 Å². The fraction of sp³-hybridized carbons (Fsp3) is 0.0556. The first-order valence-corrected chi connectivity index (χ1v) is 8.04. The number of oxazole rings is 1. The molecule has 8 heteroatoms. The van der Waals surface area contributed by atoms with E-state index < -0.39 is 5.82 Å². The molecule has 0 atom stereocenters. The zero-order chi connectivity index (χ0) is 18.3. The summed E-state index contributed by atoms with van der Waals surface area (Å²) in [5.41, 5.74) is 2.00. The quantitative estimate of drug-likeness (QED) is 0.537. The lowest BCUT2D eigenvalue weighted by molar-refractivity contribution is 0.475. The number of phenolic OH excluding ortho intramolecular Hbond substituents is 1. The van der Waals surface area contributed by atoms with Gasteiger partial charge in [-0.05, 0) is 49.4 Å². The second kappa shape index (κ2) is 6.27. The lowest BCUT2D eigenvalue weighted by Gasteiger charge is -2.07. The molecule has 4 aromatic rings. The van der Waals surface area contributed by atoms with Crippen LogP contribution in [-0.2, 0) is 0 Å². The molecule has 0 spiro atoms. The Labute approximate surface area is 152 Å². The predicted molar refractivity (Wildman–Crippen MR) is 96.1 cm³/mol. The highest BCUT2D eigenvalue weighted by molar-refractivity contribution is 6.31. The summed E-state index contributed by atoms with van der Waals surface area (Å²) in [5, 5.41) is 12.5. The summed E-state index contributed by atoms with van der Waals surface area (Å²) >= 11 is 5.82. The molecule has 4 rings (SSSR count). The Morgan fingerprint density at radius 3 is 2.58 bits per heavy atom. The van der Waals surface area contributed by atoms with E-state index >= 15 is 0 Å². The van der Waals surface area contributed by atoms with Crippen LogP contribution < -0.4 is 5.32 Å². The molecule has 26 heavy (non-hydrogen) atoms. The number of nitrogens with one attached hydrogen (secondary N) is 1. The number of halogens is 2. The van der Waals surface area contributed by atoms with Crippen molar-refractivity contribution in [2.75, 3.05) is 5.32 Å². The van der Waals surface area contributed by atoms with Crippen LogP contribution in [-0.4, -0.2) is 20.1 Å². The molecule has 0 fully saturated rings. The zero-order valence-corrected chi connectivity index (χ0v) is 14.3. The monoisotopic (exact) mass is 370 g/mol. The van der Waals surface area contributed by atoms with E-state index in [1.165, 1.54) is 12.1 Å². The molecule has 2 N–H and O–H groups in total. The maximum atomic E-state index is 13.3. The predicted octanol–water partition coefficient (Wildman–Crippen LogP) is 4.83. The van der Waals surface area contributed by atoms with E-state index in [1.54, 1.807) is 37.3 Å². The smallest absolute Gasteiger partial charge is 0.252 e. The van der Waals surface area contributed by atoms with Gasteiger partial charge < -0.3 is 14.8 Å². The molecule has 2 aromatic heterocycles. The van der Waals surface area contributed by atoms with Crippen molar-refractivity contribution in [1.82, 2.24) is 15.0 Å². The van der Waals surface area contributed by atoms with Gasteiger partial charge in [0.05, 0.1) is 5.02 Å². The minimum atomic E-state index is -0.503. The topological polar surface area (TPSA) is 84.1 Å². The number of aryl methyl sites for hydroxylation is 1. The highest BCUT2D eigenvalue weighted by Gasteiger charge is 2.16. The summed E-state index contributed by atoms with van der Waals surface area (Å²) in [6.07, 6.45) is 0. The van der Waals surface area contributed by atoms with Gasteiger partial charge in [-0.3, -0.25) is 0 Å². The fourth-order valence-corrected chi connectivity index (χ4v) is 2.63. The van der Waals surface area contributed by atoms with Gasteiger partial charge in [-0.1, -0.05) is 11.6 Å². The maximum absolute atomic E-state index is 13.3.